The molecule has 0 aliphatic carbocycles. The van der Waals surface area contributed by atoms with Gasteiger partial charge in [0.2, 0.25) is 0 Å². The van der Waals surface area contributed by atoms with Crippen molar-refractivity contribution in [3.05, 3.63) is 41.4 Å². The molecule has 2 amide bonds. The van der Waals surface area contributed by atoms with Gasteiger partial charge in [-0.15, -0.1) is 0 Å². The van der Waals surface area contributed by atoms with Crippen LogP contribution in [-0.2, 0) is 0 Å². The van der Waals surface area contributed by atoms with Gasteiger partial charge in [-0.1, -0.05) is 11.6 Å². The maximum absolute atomic E-state index is 13.3. The van der Waals surface area contributed by atoms with Crippen LogP contribution in [0.15, 0.2) is 30.6 Å². The maximum atomic E-state index is 13.3. The summed E-state index contributed by atoms with van der Waals surface area (Å²) in [6.07, 6.45) is 3.15. The molecular formula is C18H22ClFN6O. The Morgan fingerprint density at radius 1 is 1.22 bits per heavy atom. The molecule has 2 aromatic rings. The molecular weight excluding hydrogens is 371 g/mol. The van der Waals surface area contributed by atoms with E-state index < -0.39 is 5.82 Å². The van der Waals surface area contributed by atoms with Crippen LogP contribution in [0.1, 0.15) is 12.8 Å². The highest BCUT2D eigenvalue weighted by Crippen LogP contribution is 2.23. The van der Waals surface area contributed by atoms with Crippen molar-refractivity contribution in [1.82, 2.24) is 19.8 Å². The second kappa shape index (κ2) is 8.39. The van der Waals surface area contributed by atoms with Crippen LogP contribution < -0.4 is 10.6 Å². The van der Waals surface area contributed by atoms with Crippen LogP contribution >= 0.6 is 11.6 Å². The Morgan fingerprint density at radius 3 is 2.59 bits per heavy atom. The van der Waals surface area contributed by atoms with Crippen molar-refractivity contribution in [3.63, 3.8) is 0 Å². The van der Waals surface area contributed by atoms with E-state index in [9.17, 15) is 9.18 Å². The summed E-state index contributed by atoms with van der Waals surface area (Å²) >= 11 is 5.80. The fourth-order valence-corrected chi connectivity index (χ4v) is 3.11. The summed E-state index contributed by atoms with van der Waals surface area (Å²) in [5.41, 5.74) is 0.640. The number of halogens is 2. The first-order valence-electron chi connectivity index (χ1n) is 8.69. The van der Waals surface area contributed by atoms with E-state index >= 15 is 0 Å². The van der Waals surface area contributed by atoms with E-state index in [4.69, 9.17) is 11.6 Å². The number of piperidine rings is 1. The Kier molecular flexibility index (Phi) is 5.95. The van der Waals surface area contributed by atoms with Crippen LogP contribution in [0.25, 0.3) is 0 Å². The largest absolute Gasteiger partial charge is 0.367 e. The third kappa shape index (κ3) is 4.97. The van der Waals surface area contributed by atoms with E-state index in [1.165, 1.54) is 18.5 Å². The average Bonchev–Trinajstić information content (AvgIpc) is 2.65. The van der Waals surface area contributed by atoms with Gasteiger partial charge >= 0.3 is 6.03 Å². The van der Waals surface area contributed by atoms with Crippen molar-refractivity contribution in [2.75, 3.05) is 37.8 Å². The number of nitrogens with zero attached hydrogens (tertiary/aromatic N) is 4. The predicted octanol–water partition coefficient (Wildman–Crippen LogP) is 3.57. The van der Waals surface area contributed by atoms with Crippen LogP contribution in [0, 0.1) is 5.82 Å². The lowest BCUT2D eigenvalue weighted by Gasteiger charge is -2.34. The molecule has 0 bridgehead atoms. The molecule has 1 fully saturated rings. The molecule has 0 unspecified atom stereocenters. The normalized spacial score (nSPS) is 14.7. The highest BCUT2D eigenvalue weighted by Gasteiger charge is 2.23. The van der Waals surface area contributed by atoms with Gasteiger partial charge in [-0.25, -0.2) is 19.2 Å². The van der Waals surface area contributed by atoms with E-state index in [1.807, 2.05) is 4.90 Å². The minimum atomic E-state index is -0.466. The highest BCUT2D eigenvalue weighted by atomic mass is 35.5. The first-order chi connectivity index (χ1) is 12.9. The van der Waals surface area contributed by atoms with E-state index in [0.29, 0.717) is 30.4 Å². The Labute approximate surface area is 162 Å². The van der Waals surface area contributed by atoms with Crippen molar-refractivity contribution in [2.45, 2.75) is 18.9 Å². The Morgan fingerprint density at radius 2 is 1.93 bits per heavy atom. The number of amides is 2. The fourth-order valence-electron chi connectivity index (χ4n) is 2.93. The Balaban J connectivity index is 1.58. The number of nitrogens with one attached hydrogen (secondary N) is 2. The van der Waals surface area contributed by atoms with Crippen molar-refractivity contribution in [1.29, 1.82) is 0 Å². The van der Waals surface area contributed by atoms with Gasteiger partial charge in [-0.2, -0.15) is 0 Å². The summed E-state index contributed by atoms with van der Waals surface area (Å²) < 4.78 is 13.3. The number of hydrogen-bond donors (Lipinski definition) is 2. The van der Waals surface area contributed by atoms with Gasteiger partial charge in [0.25, 0.3) is 0 Å². The number of anilines is 3. The molecule has 144 valence electrons. The van der Waals surface area contributed by atoms with Gasteiger partial charge in [0.1, 0.15) is 23.8 Å². The second-order valence-electron chi connectivity index (χ2n) is 6.63. The summed E-state index contributed by atoms with van der Waals surface area (Å²) in [6.45, 7) is 1.41. The van der Waals surface area contributed by atoms with Crippen LogP contribution in [-0.4, -0.2) is 59.0 Å². The van der Waals surface area contributed by atoms with Crippen LogP contribution in [0.4, 0.5) is 26.5 Å². The molecule has 2 N–H and O–H groups in total. The number of carbonyl (C=O) groups is 1. The predicted molar refractivity (Wildman–Crippen MR) is 104 cm³/mol. The first-order valence-corrected chi connectivity index (χ1v) is 9.07. The number of benzene rings is 1. The molecule has 1 aromatic heterocycles. The summed E-state index contributed by atoms with van der Waals surface area (Å²) in [4.78, 5) is 23.9. The van der Waals surface area contributed by atoms with Gasteiger partial charge in [-0.05, 0) is 31.0 Å². The topological polar surface area (TPSA) is 73.4 Å². The zero-order chi connectivity index (χ0) is 19.4. The lowest BCUT2D eigenvalue weighted by atomic mass is 10.1. The maximum Gasteiger partial charge on any atom is 0.319 e. The van der Waals surface area contributed by atoms with E-state index in [1.54, 1.807) is 31.1 Å². The first kappa shape index (κ1) is 19.2. The molecule has 1 aliphatic heterocycles. The smallest absolute Gasteiger partial charge is 0.319 e. The molecule has 7 nitrogen and oxygen atoms in total. The van der Waals surface area contributed by atoms with E-state index in [-0.39, 0.29) is 17.1 Å². The number of hydrogen-bond acceptors (Lipinski definition) is 5. The standard InChI is InChI=1S/C18H22ClFN6O/c1-25(2)18(27)26-7-5-12(6-8-26)23-16-10-17(22-11-21-16)24-13-3-4-15(20)14(19)9-13/h3-4,9-12H,5-8H2,1-2H3,(H2,21,22,23,24). The number of rotatable bonds is 4. The lowest BCUT2D eigenvalue weighted by Crippen LogP contribution is -2.46. The average molecular weight is 393 g/mol. The minimum Gasteiger partial charge on any atom is -0.367 e. The molecule has 1 aromatic carbocycles. The molecule has 0 saturated carbocycles. The zero-order valence-corrected chi connectivity index (χ0v) is 16.0. The number of carbonyl (C=O) groups excluding carboxylic acids is 1. The lowest BCUT2D eigenvalue weighted by molar-refractivity contribution is 0.158. The van der Waals surface area contributed by atoms with Crippen molar-refractivity contribution in [3.8, 4) is 0 Å². The van der Waals surface area contributed by atoms with E-state index in [2.05, 4.69) is 20.6 Å². The van der Waals surface area contributed by atoms with Crippen LogP contribution in [0.5, 0.6) is 0 Å². The molecule has 3 rings (SSSR count). The molecule has 1 aliphatic rings. The molecule has 9 heteroatoms. The van der Waals surface area contributed by atoms with Gasteiger partial charge in [0.05, 0.1) is 5.02 Å². The summed E-state index contributed by atoms with van der Waals surface area (Å²) in [5, 5.41) is 6.52. The Bertz CT molecular complexity index is 810. The third-order valence-electron chi connectivity index (χ3n) is 4.36. The molecule has 0 radical (unpaired) electrons. The van der Waals surface area contributed by atoms with Crippen molar-refractivity contribution >= 4 is 35.0 Å². The van der Waals surface area contributed by atoms with Crippen LogP contribution in [0.3, 0.4) is 0 Å². The molecule has 0 atom stereocenters. The van der Waals surface area contributed by atoms with Gasteiger partial charge in [0, 0.05) is 45.0 Å². The highest BCUT2D eigenvalue weighted by molar-refractivity contribution is 6.31. The number of aromatic nitrogens is 2. The molecule has 0 spiro atoms. The summed E-state index contributed by atoms with van der Waals surface area (Å²) in [6, 6.07) is 6.46. The molecule has 27 heavy (non-hydrogen) atoms. The fraction of sp³-hybridized carbons (Fsp3) is 0.389. The van der Waals surface area contributed by atoms with Crippen molar-refractivity contribution in [2.24, 2.45) is 0 Å². The third-order valence-corrected chi connectivity index (χ3v) is 4.65. The van der Waals surface area contributed by atoms with Crippen molar-refractivity contribution < 1.29 is 9.18 Å². The number of urea groups is 1. The van der Waals surface area contributed by atoms with Gasteiger partial charge in [0.15, 0.2) is 0 Å². The minimum absolute atomic E-state index is 0.0416. The quantitative estimate of drug-likeness (QED) is 0.832. The van der Waals surface area contributed by atoms with E-state index in [0.717, 1.165) is 12.8 Å². The molecule has 2 heterocycles. The monoisotopic (exact) mass is 392 g/mol. The summed E-state index contributed by atoms with van der Waals surface area (Å²) in [5.74, 6) is 0.805. The van der Waals surface area contributed by atoms with Gasteiger partial charge < -0.3 is 20.4 Å². The SMILES string of the molecule is CN(C)C(=O)N1CCC(Nc2cc(Nc3ccc(F)c(Cl)c3)ncn2)CC1. The molecule has 1 saturated heterocycles. The van der Waals surface area contributed by atoms with Gasteiger partial charge in [-0.3, -0.25) is 0 Å². The second-order valence-corrected chi connectivity index (χ2v) is 7.03. The summed E-state index contributed by atoms with van der Waals surface area (Å²) in [7, 11) is 3.52. The number of likely N-dealkylation sites (tertiary alicyclic amines) is 1. The van der Waals surface area contributed by atoms with Crippen LogP contribution in [0.2, 0.25) is 5.02 Å². The zero-order valence-electron chi connectivity index (χ0n) is 15.2. The Hall–Kier alpha value is -2.61.